The van der Waals surface area contributed by atoms with Crippen molar-refractivity contribution in [2.75, 3.05) is 0 Å². The Morgan fingerprint density at radius 1 is 1.07 bits per heavy atom. The summed E-state index contributed by atoms with van der Waals surface area (Å²) in [5.41, 5.74) is 1.71. The standard InChI is InChI=1S/C24H24ClN3O2/c25-21-14-8-7-9-18(21)15-16-23(29)28(20-12-5-2-6-13-20)17-22-26-24(27-30-22)19-10-3-1-4-11-19/h1,3-4,7-11,14-16,20H,2,5-6,12-13,17H2. The number of hydrogen-bond acceptors (Lipinski definition) is 4. The summed E-state index contributed by atoms with van der Waals surface area (Å²) in [5.74, 6) is 0.911. The first-order chi connectivity index (χ1) is 14.7. The molecule has 0 aliphatic heterocycles. The Labute approximate surface area is 181 Å². The molecule has 0 atom stereocenters. The Kier molecular flexibility index (Phi) is 6.60. The van der Waals surface area contributed by atoms with E-state index >= 15 is 0 Å². The largest absolute Gasteiger partial charge is 0.337 e. The molecule has 0 radical (unpaired) electrons. The molecule has 0 unspecified atom stereocenters. The van der Waals surface area contributed by atoms with Crippen LogP contribution in [0.5, 0.6) is 0 Å². The van der Waals surface area contributed by atoms with E-state index < -0.39 is 0 Å². The van der Waals surface area contributed by atoms with E-state index in [4.69, 9.17) is 16.1 Å². The third kappa shape index (κ3) is 4.97. The Morgan fingerprint density at radius 2 is 1.80 bits per heavy atom. The monoisotopic (exact) mass is 421 g/mol. The first-order valence-electron chi connectivity index (χ1n) is 10.3. The highest BCUT2D eigenvalue weighted by Crippen LogP contribution is 2.25. The van der Waals surface area contributed by atoms with Crippen molar-refractivity contribution < 1.29 is 9.32 Å². The Balaban J connectivity index is 1.53. The van der Waals surface area contributed by atoms with Crippen LogP contribution in [0.25, 0.3) is 17.5 Å². The lowest BCUT2D eigenvalue weighted by Crippen LogP contribution is -2.40. The zero-order valence-corrected chi connectivity index (χ0v) is 17.5. The Hall–Kier alpha value is -2.92. The van der Waals surface area contributed by atoms with Crippen molar-refractivity contribution >= 4 is 23.6 Å². The van der Waals surface area contributed by atoms with Crippen LogP contribution in [-0.2, 0) is 11.3 Å². The molecular formula is C24H24ClN3O2. The second kappa shape index (κ2) is 9.72. The van der Waals surface area contributed by atoms with E-state index in [1.165, 1.54) is 6.42 Å². The van der Waals surface area contributed by atoms with Gasteiger partial charge in [-0.2, -0.15) is 4.98 Å². The van der Waals surface area contributed by atoms with Crippen molar-refractivity contribution in [3.05, 3.63) is 77.2 Å². The summed E-state index contributed by atoms with van der Waals surface area (Å²) in [6.07, 6.45) is 8.81. The van der Waals surface area contributed by atoms with E-state index in [0.29, 0.717) is 23.3 Å². The van der Waals surface area contributed by atoms with Gasteiger partial charge in [0.2, 0.25) is 17.6 Å². The van der Waals surface area contributed by atoms with Crippen molar-refractivity contribution in [2.45, 2.75) is 44.7 Å². The zero-order valence-electron chi connectivity index (χ0n) is 16.7. The highest BCUT2D eigenvalue weighted by molar-refractivity contribution is 6.32. The van der Waals surface area contributed by atoms with Crippen LogP contribution in [0.1, 0.15) is 43.6 Å². The van der Waals surface area contributed by atoms with Gasteiger partial charge in [0.25, 0.3) is 0 Å². The van der Waals surface area contributed by atoms with Gasteiger partial charge in [-0.05, 0) is 30.5 Å². The van der Waals surface area contributed by atoms with Crippen molar-refractivity contribution in [2.24, 2.45) is 0 Å². The molecule has 1 aromatic heterocycles. The van der Waals surface area contributed by atoms with Gasteiger partial charge in [0.15, 0.2) is 0 Å². The van der Waals surface area contributed by atoms with Crippen LogP contribution in [0.2, 0.25) is 5.02 Å². The molecule has 1 heterocycles. The van der Waals surface area contributed by atoms with E-state index in [-0.39, 0.29) is 11.9 Å². The Bertz CT molecular complexity index is 1010. The lowest BCUT2D eigenvalue weighted by molar-refractivity contribution is -0.130. The maximum Gasteiger partial charge on any atom is 0.247 e. The van der Waals surface area contributed by atoms with Gasteiger partial charge in [-0.25, -0.2) is 0 Å². The molecule has 30 heavy (non-hydrogen) atoms. The summed E-state index contributed by atoms with van der Waals surface area (Å²) in [7, 11) is 0. The van der Waals surface area contributed by atoms with Gasteiger partial charge in [0, 0.05) is 22.7 Å². The molecular weight excluding hydrogens is 398 g/mol. The third-order valence-corrected chi connectivity index (χ3v) is 5.76. The van der Waals surface area contributed by atoms with Crippen LogP contribution < -0.4 is 0 Å². The quantitative estimate of drug-likeness (QED) is 0.474. The van der Waals surface area contributed by atoms with E-state index in [1.54, 1.807) is 12.2 Å². The van der Waals surface area contributed by atoms with Gasteiger partial charge in [0.05, 0.1) is 0 Å². The highest BCUT2D eigenvalue weighted by Gasteiger charge is 2.26. The number of carbonyl (C=O) groups is 1. The average molecular weight is 422 g/mol. The molecule has 1 saturated carbocycles. The average Bonchev–Trinajstić information content (AvgIpc) is 3.27. The van der Waals surface area contributed by atoms with Crippen molar-refractivity contribution in [1.82, 2.24) is 15.0 Å². The fourth-order valence-corrected chi connectivity index (χ4v) is 4.01. The smallest absolute Gasteiger partial charge is 0.247 e. The lowest BCUT2D eigenvalue weighted by Gasteiger charge is -2.32. The fraction of sp³-hybridized carbons (Fsp3) is 0.292. The van der Waals surface area contributed by atoms with Crippen LogP contribution in [0, 0.1) is 0 Å². The minimum atomic E-state index is -0.0683. The number of hydrogen-bond donors (Lipinski definition) is 0. The predicted octanol–water partition coefficient (Wildman–Crippen LogP) is 5.76. The molecule has 5 nitrogen and oxygen atoms in total. The van der Waals surface area contributed by atoms with Gasteiger partial charge in [0.1, 0.15) is 6.54 Å². The molecule has 0 bridgehead atoms. The second-order valence-electron chi connectivity index (χ2n) is 7.49. The van der Waals surface area contributed by atoms with Gasteiger partial charge in [-0.1, -0.05) is 84.6 Å². The summed E-state index contributed by atoms with van der Waals surface area (Å²) in [5, 5.41) is 4.71. The van der Waals surface area contributed by atoms with Crippen LogP contribution in [0.15, 0.2) is 65.2 Å². The highest BCUT2D eigenvalue weighted by atomic mass is 35.5. The van der Waals surface area contributed by atoms with E-state index in [2.05, 4.69) is 10.1 Å². The topological polar surface area (TPSA) is 59.2 Å². The SMILES string of the molecule is O=C(C=Cc1ccccc1Cl)N(Cc1nc(-c2ccccc2)no1)C1CCCCC1. The number of aromatic nitrogens is 2. The molecule has 3 aromatic rings. The maximum atomic E-state index is 13.1. The first-order valence-corrected chi connectivity index (χ1v) is 10.7. The number of rotatable bonds is 6. The second-order valence-corrected chi connectivity index (χ2v) is 7.90. The molecule has 0 spiro atoms. The molecule has 1 fully saturated rings. The third-order valence-electron chi connectivity index (χ3n) is 5.41. The van der Waals surface area contributed by atoms with E-state index in [9.17, 15) is 4.79 Å². The number of nitrogens with zero attached hydrogens (tertiary/aromatic N) is 3. The van der Waals surface area contributed by atoms with Crippen molar-refractivity contribution in [3.8, 4) is 11.4 Å². The molecule has 2 aromatic carbocycles. The summed E-state index contributed by atoms with van der Waals surface area (Å²) < 4.78 is 5.47. The summed E-state index contributed by atoms with van der Waals surface area (Å²) in [6.45, 7) is 0.302. The molecule has 1 aliphatic rings. The molecule has 6 heteroatoms. The van der Waals surface area contributed by atoms with Crippen LogP contribution in [0.3, 0.4) is 0 Å². The first kappa shape index (κ1) is 20.4. The number of halogens is 1. The summed E-state index contributed by atoms with van der Waals surface area (Å²) >= 11 is 6.22. The normalized spacial score (nSPS) is 14.8. The molecule has 0 N–H and O–H groups in total. The van der Waals surface area contributed by atoms with Crippen LogP contribution >= 0.6 is 11.6 Å². The molecule has 0 saturated heterocycles. The van der Waals surface area contributed by atoms with Crippen LogP contribution in [0.4, 0.5) is 0 Å². The van der Waals surface area contributed by atoms with Gasteiger partial charge >= 0.3 is 0 Å². The van der Waals surface area contributed by atoms with E-state index in [0.717, 1.165) is 36.8 Å². The number of carbonyl (C=O) groups excluding carboxylic acids is 1. The number of amides is 1. The minimum Gasteiger partial charge on any atom is -0.337 e. The molecule has 154 valence electrons. The minimum absolute atomic E-state index is 0.0683. The molecule has 1 amide bonds. The predicted molar refractivity (Wildman–Crippen MR) is 118 cm³/mol. The maximum absolute atomic E-state index is 13.1. The molecule has 1 aliphatic carbocycles. The van der Waals surface area contributed by atoms with Crippen molar-refractivity contribution in [3.63, 3.8) is 0 Å². The Morgan fingerprint density at radius 3 is 2.57 bits per heavy atom. The zero-order chi connectivity index (χ0) is 20.8. The number of benzene rings is 2. The summed E-state index contributed by atoms with van der Waals surface area (Å²) in [6, 6.07) is 17.3. The molecule has 4 rings (SSSR count). The van der Waals surface area contributed by atoms with Gasteiger partial charge < -0.3 is 9.42 Å². The van der Waals surface area contributed by atoms with E-state index in [1.807, 2.05) is 59.5 Å². The van der Waals surface area contributed by atoms with Gasteiger partial charge in [-0.15, -0.1) is 0 Å². The van der Waals surface area contributed by atoms with Gasteiger partial charge in [-0.3, -0.25) is 4.79 Å². The lowest BCUT2D eigenvalue weighted by atomic mass is 9.94. The summed E-state index contributed by atoms with van der Waals surface area (Å²) in [4.78, 5) is 19.5. The fourth-order valence-electron chi connectivity index (χ4n) is 3.82. The van der Waals surface area contributed by atoms with Crippen LogP contribution in [-0.4, -0.2) is 27.0 Å². The van der Waals surface area contributed by atoms with Crippen molar-refractivity contribution in [1.29, 1.82) is 0 Å².